The topological polar surface area (TPSA) is 132 Å². The Bertz CT molecular complexity index is 1730. The molecule has 1 aromatic heterocycles. The van der Waals surface area contributed by atoms with Gasteiger partial charge in [-0.05, 0) is 49.4 Å². The predicted molar refractivity (Wildman–Crippen MR) is 156 cm³/mol. The SMILES string of the molecule is Cc1ccc(C(=O)NCc2nnc(SCC(=O)Nc3cc(C(F)(F)F)ccc3Cl)n2-c2ccc(Cl)c(Cl)c2)cc1[N+](=O)[O-]. The molecule has 0 atom stereocenters. The molecule has 0 saturated carbocycles. The number of hydrogen-bond acceptors (Lipinski definition) is 7. The number of nitro benzene ring substituents is 1. The number of aryl methyl sites for hydroxylation is 1. The second kappa shape index (κ2) is 13.2. The minimum Gasteiger partial charge on any atom is -0.345 e. The van der Waals surface area contributed by atoms with Crippen molar-refractivity contribution < 1.29 is 27.7 Å². The first-order chi connectivity index (χ1) is 20.2. The first-order valence-corrected chi connectivity index (χ1v) is 14.1. The second-order valence-electron chi connectivity index (χ2n) is 8.80. The molecule has 0 aliphatic heterocycles. The van der Waals surface area contributed by atoms with Gasteiger partial charge in [-0.15, -0.1) is 10.2 Å². The minimum absolute atomic E-state index is 0.0532. The maximum atomic E-state index is 13.1. The summed E-state index contributed by atoms with van der Waals surface area (Å²) in [6, 6.07) is 11.2. The Morgan fingerprint density at radius 2 is 1.72 bits per heavy atom. The molecule has 10 nitrogen and oxygen atoms in total. The van der Waals surface area contributed by atoms with E-state index >= 15 is 0 Å². The quantitative estimate of drug-likeness (QED) is 0.110. The number of anilines is 1. The van der Waals surface area contributed by atoms with Crippen LogP contribution in [0.1, 0.15) is 27.3 Å². The van der Waals surface area contributed by atoms with Crippen molar-refractivity contribution in [3.8, 4) is 5.69 Å². The molecule has 0 unspecified atom stereocenters. The van der Waals surface area contributed by atoms with E-state index in [1.54, 1.807) is 13.0 Å². The lowest BCUT2D eigenvalue weighted by atomic mass is 10.1. The van der Waals surface area contributed by atoms with E-state index in [4.69, 9.17) is 34.8 Å². The highest BCUT2D eigenvalue weighted by Gasteiger charge is 2.31. The summed E-state index contributed by atoms with van der Waals surface area (Å²) in [6.45, 7) is 1.37. The zero-order valence-electron chi connectivity index (χ0n) is 21.7. The van der Waals surface area contributed by atoms with Gasteiger partial charge in [0, 0.05) is 17.2 Å². The zero-order chi connectivity index (χ0) is 31.5. The lowest BCUT2D eigenvalue weighted by molar-refractivity contribution is -0.385. The molecule has 17 heteroatoms. The van der Waals surface area contributed by atoms with Gasteiger partial charge in [-0.2, -0.15) is 13.2 Å². The highest BCUT2D eigenvalue weighted by atomic mass is 35.5. The molecule has 224 valence electrons. The number of alkyl halides is 3. The van der Waals surface area contributed by atoms with Crippen molar-refractivity contribution in [3.05, 3.63) is 102 Å². The Labute approximate surface area is 260 Å². The van der Waals surface area contributed by atoms with E-state index in [1.807, 2.05) is 0 Å². The fourth-order valence-corrected chi connectivity index (χ4v) is 4.94. The summed E-state index contributed by atoms with van der Waals surface area (Å²) in [4.78, 5) is 36.1. The van der Waals surface area contributed by atoms with Gasteiger partial charge in [-0.3, -0.25) is 24.3 Å². The van der Waals surface area contributed by atoms with Gasteiger partial charge in [0.25, 0.3) is 11.6 Å². The summed E-state index contributed by atoms with van der Waals surface area (Å²) in [7, 11) is 0. The summed E-state index contributed by atoms with van der Waals surface area (Å²) < 4.78 is 40.8. The third-order valence-corrected chi connectivity index (χ3v) is 7.83. The van der Waals surface area contributed by atoms with Gasteiger partial charge in [0.1, 0.15) is 0 Å². The van der Waals surface area contributed by atoms with Gasteiger partial charge in [0.2, 0.25) is 5.91 Å². The van der Waals surface area contributed by atoms with Gasteiger partial charge < -0.3 is 10.6 Å². The van der Waals surface area contributed by atoms with E-state index in [0.29, 0.717) is 11.3 Å². The highest BCUT2D eigenvalue weighted by Crippen LogP contribution is 2.34. The van der Waals surface area contributed by atoms with Crippen LogP contribution >= 0.6 is 46.6 Å². The van der Waals surface area contributed by atoms with Gasteiger partial charge in [0.15, 0.2) is 11.0 Å². The average molecular weight is 674 g/mol. The number of rotatable bonds is 9. The van der Waals surface area contributed by atoms with Gasteiger partial charge in [-0.25, -0.2) is 0 Å². The number of thioether (sulfide) groups is 1. The normalized spacial score (nSPS) is 11.3. The van der Waals surface area contributed by atoms with Crippen LogP contribution in [0.25, 0.3) is 5.69 Å². The molecule has 0 spiro atoms. The summed E-state index contributed by atoms with van der Waals surface area (Å²) in [5.41, 5.74) is -0.535. The van der Waals surface area contributed by atoms with Crippen LogP contribution in [0.5, 0.6) is 0 Å². The Balaban J connectivity index is 1.55. The third-order valence-electron chi connectivity index (χ3n) is 5.84. The van der Waals surface area contributed by atoms with E-state index in [9.17, 15) is 32.9 Å². The van der Waals surface area contributed by atoms with Crippen molar-refractivity contribution in [2.24, 2.45) is 0 Å². The van der Waals surface area contributed by atoms with Crippen LogP contribution in [-0.2, 0) is 17.5 Å². The summed E-state index contributed by atoms with van der Waals surface area (Å²) in [5.74, 6) is -1.38. The van der Waals surface area contributed by atoms with E-state index in [2.05, 4.69) is 20.8 Å². The zero-order valence-corrected chi connectivity index (χ0v) is 24.8. The maximum absolute atomic E-state index is 13.1. The number of hydrogen-bond donors (Lipinski definition) is 2. The smallest absolute Gasteiger partial charge is 0.345 e. The number of aromatic nitrogens is 3. The van der Waals surface area contributed by atoms with E-state index in [1.165, 1.54) is 28.8 Å². The van der Waals surface area contributed by atoms with Crippen molar-refractivity contribution in [3.63, 3.8) is 0 Å². The van der Waals surface area contributed by atoms with Gasteiger partial charge in [0.05, 0.1) is 49.2 Å². The van der Waals surface area contributed by atoms with Crippen LogP contribution < -0.4 is 10.6 Å². The number of halogens is 6. The van der Waals surface area contributed by atoms with Crippen LogP contribution in [0, 0.1) is 17.0 Å². The van der Waals surface area contributed by atoms with E-state index in [-0.39, 0.29) is 55.3 Å². The molecule has 4 rings (SSSR count). The number of carbonyl (C=O) groups excluding carboxylic acids is 2. The van der Waals surface area contributed by atoms with Crippen LogP contribution in [0.15, 0.2) is 59.8 Å². The first-order valence-electron chi connectivity index (χ1n) is 12.0. The Morgan fingerprint density at radius 1 is 1.00 bits per heavy atom. The van der Waals surface area contributed by atoms with Crippen molar-refractivity contribution in [1.82, 2.24) is 20.1 Å². The molecule has 43 heavy (non-hydrogen) atoms. The minimum atomic E-state index is -4.63. The number of carbonyl (C=O) groups is 2. The largest absolute Gasteiger partial charge is 0.416 e. The second-order valence-corrected chi connectivity index (χ2v) is 11.0. The van der Waals surface area contributed by atoms with Gasteiger partial charge in [-0.1, -0.05) is 52.6 Å². The summed E-state index contributed by atoms with van der Waals surface area (Å²) in [5, 5.41) is 25.0. The summed E-state index contributed by atoms with van der Waals surface area (Å²) >= 11 is 19.1. The fraction of sp³-hybridized carbons (Fsp3) is 0.154. The average Bonchev–Trinajstić information content (AvgIpc) is 3.35. The molecule has 0 bridgehead atoms. The first kappa shape index (κ1) is 32.1. The number of nitrogens with zero attached hydrogens (tertiary/aromatic N) is 4. The maximum Gasteiger partial charge on any atom is 0.416 e. The Hall–Kier alpha value is -3.85. The molecule has 0 radical (unpaired) electrons. The van der Waals surface area contributed by atoms with Crippen molar-refractivity contribution >= 4 is 69.8 Å². The molecular weight excluding hydrogens is 656 g/mol. The Kier molecular flexibility index (Phi) is 9.85. The molecule has 0 saturated heterocycles. The third kappa shape index (κ3) is 7.76. The molecule has 0 fully saturated rings. The van der Waals surface area contributed by atoms with Crippen molar-refractivity contribution in [1.29, 1.82) is 0 Å². The summed E-state index contributed by atoms with van der Waals surface area (Å²) in [6.07, 6.45) is -4.63. The predicted octanol–water partition coefficient (Wildman–Crippen LogP) is 7.12. The van der Waals surface area contributed by atoms with Crippen molar-refractivity contribution in [2.45, 2.75) is 24.8 Å². The molecule has 0 aliphatic rings. The molecule has 4 aromatic rings. The number of nitrogens with one attached hydrogen (secondary N) is 2. The molecule has 3 aromatic carbocycles. The number of nitro groups is 1. The van der Waals surface area contributed by atoms with Crippen molar-refractivity contribution in [2.75, 3.05) is 11.1 Å². The van der Waals surface area contributed by atoms with E-state index < -0.39 is 28.5 Å². The number of benzene rings is 3. The number of amides is 2. The molecule has 2 N–H and O–H groups in total. The van der Waals surface area contributed by atoms with Crippen LogP contribution in [-0.4, -0.2) is 37.3 Å². The highest BCUT2D eigenvalue weighted by molar-refractivity contribution is 7.99. The van der Waals surface area contributed by atoms with Crippen LogP contribution in [0.2, 0.25) is 15.1 Å². The standard InChI is InChI=1S/C26H18Cl3F3N6O4S/c1-13-2-3-14(8-21(13)38(41)42)24(40)33-11-22-35-36-25(37(22)16-5-7-17(27)19(29)10-16)43-12-23(39)34-20-9-15(26(30,31)32)4-6-18(20)28/h2-10H,11-12H2,1H3,(H,33,40)(H,34,39). The van der Waals surface area contributed by atoms with Crippen LogP contribution in [0.3, 0.4) is 0 Å². The van der Waals surface area contributed by atoms with Gasteiger partial charge >= 0.3 is 6.18 Å². The lowest BCUT2D eigenvalue weighted by Crippen LogP contribution is -2.25. The van der Waals surface area contributed by atoms with Crippen LogP contribution in [0.4, 0.5) is 24.5 Å². The van der Waals surface area contributed by atoms with E-state index in [0.717, 1.165) is 36.0 Å². The molecule has 0 aliphatic carbocycles. The molecule has 1 heterocycles. The fourth-order valence-electron chi connectivity index (χ4n) is 3.71. The Morgan fingerprint density at radius 3 is 2.40 bits per heavy atom. The molecular formula is C26H18Cl3F3N6O4S. The monoisotopic (exact) mass is 672 g/mol. The molecule has 2 amide bonds. The lowest BCUT2D eigenvalue weighted by Gasteiger charge is -2.13.